The lowest BCUT2D eigenvalue weighted by Crippen LogP contribution is -1.81. The van der Waals surface area contributed by atoms with Crippen molar-refractivity contribution in [3.05, 3.63) is 52.2 Å². The van der Waals surface area contributed by atoms with Crippen LogP contribution in [0.5, 0.6) is 0 Å². The molecule has 2 aromatic rings. The lowest BCUT2D eigenvalue weighted by molar-refractivity contribution is 0.350. The molecule has 0 aliphatic rings. The van der Waals surface area contributed by atoms with Crippen molar-refractivity contribution in [2.24, 2.45) is 0 Å². The molecule has 1 nitrogen and oxygen atoms in total. The maximum absolute atomic E-state index is 8.69. The molecule has 0 aliphatic heterocycles. The van der Waals surface area contributed by atoms with Crippen molar-refractivity contribution >= 4 is 23.1 Å². The third-order valence-corrected chi connectivity index (χ3v) is 4.30. The summed E-state index contributed by atoms with van der Waals surface area (Å²) in [5, 5.41) is 10.7. The summed E-state index contributed by atoms with van der Waals surface area (Å²) < 4.78 is 0. The van der Waals surface area contributed by atoms with Crippen LogP contribution in [0.3, 0.4) is 0 Å². The minimum atomic E-state index is -0.0822. The highest BCUT2D eigenvalue weighted by molar-refractivity contribution is 7.98. The van der Waals surface area contributed by atoms with Gasteiger partial charge in [-0.15, -0.1) is 23.1 Å². The predicted octanol–water partition coefficient (Wildman–Crippen LogP) is 3.38. The molecule has 1 N–H and O–H groups in total. The molecule has 0 saturated heterocycles. The van der Waals surface area contributed by atoms with Crippen LogP contribution < -0.4 is 0 Å². The van der Waals surface area contributed by atoms with Gasteiger partial charge in [0.05, 0.1) is 0 Å². The van der Waals surface area contributed by atoms with E-state index in [-0.39, 0.29) is 6.61 Å². The van der Waals surface area contributed by atoms with Gasteiger partial charge in [0, 0.05) is 21.1 Å². The fraction of sp³-hybridized carbons (Fsp3) is 0.143. The van der Waals surface area contributed by atoms with Gasteiger partial charge in [-0.3, -0.25) is 0 Å². The number of aliphatic hydroxyl groups is 1. The van der Waals surface area contributed by atoms with E-state index in [2.05, 4.69) is 24.0 Å². The van der Waals surface area contributed by atoms with Crippen LogP contribution in [0.4, 0.5) is 0 Å². The van der Waals surface area contributed by atoms with Gasteiger partial charge in [0.25, 0.3) is 0 Å². The SMILES string of the molecule is OCC#Cc1ccsc1CSc1ccccc1. The number of aliphatic hydroxyl groups excluding tert-OH is 1. The van der Waals surface area contributed by atoms with Gasteiger partial charge in [-0.05, 0) is 23.6 Å². The summed E-state index contributed by atoms with van der Waals surface area (Å²) in [6.07, 6.45) is 0. The summed E-state index contributed by atoms with van der Waals surface area (Å²) in [4.78, 5) is 2.53. The van der Waals surface area contributed by atoms with Gasteiger partial charge < -0.3 is 5.11 Å². The Kier molecular flexibility index (Phi) is 4.69. The molecule has 17 heavy (non-hydrogen) atoms. The first kappa shape index (κ1) is 12.3. The normalized spacial score (nSPS) is 9.71. The van der Waals surface area contributed by atoms with Crippen molar-refractivity contribution in [2.45, 2.75) is 10.6 Å². The molecule has 0 saturated carbocycles. The van der Waals surface area contributed by atoms with Gasteiger partial charge in [0.15, 0.2) is 0 Å². The van der Waals surface area contributed by atoms with Crippen LogP contribution >= 0.6 is 23.1 Å². The number of hydrogen-bond acceptors (Lipinski definition) is 3. The molecule has 0 amide bonds. The van der Waals surface area contributed by atoms with Crippen LogP contribution in [-0.2, 0) is 5.75 Å². The van der Waals surface area contributed by atoms with Crippen molar-refractivity contribution in [2.75, 3.05) is 6.61 Å². The zero-order chi connectivity index (χ0) is 11.9. The van der Waals surface area contributed by atoms with Crippen molar-refractivity contribution < 1.29 is 5.11 Å². The quantitative estimate of drug-likeness (QED) is 0.674. The van der Waals surface area contributed by atoms with E-state index in [1.807, 2.05) is 29.6 Å². The third kappa shape index (κ3) is 3.64. The smallest absolute Gasteiger partial charge is 0.104 e. The van der Waals surface area contributed by atoms with Gasteiger partial charge in [0.2, 0.25) is 0 Å². The molecule has 0 aliphatic carbocycles. The Labute approximate surface area is 110 Å². The van der Waals surface area contributed by atoms with Gasteiger partial charge >= 0.3 is 0 Å². The molecule has 0 fully saturated rings. The van der Waals surface area contributed by atoms with Crippen LogP contribution in [-0.4, -0.2) is 11.7 Å². The second-order valence-electron chi connectivity index (χ2n) is 3.32. The van der Waals surface area contributed by atoms with Gasteiger partial charge in [-0.25, -0.2) is 0 Å². The summed E-state index contributed by atoms with van der Waals surface area (Å²) in [7, 11) is 0. The van der Waals surface area contributed by atoms with Crippen molar-refractivity contribution in [1.82, 2.24) is 0 Å². The summed E-state index contributed by atoms with van der Waals surface area (Å²) in [5.41, 5.74) is 1.03. The van der Waals surface area contributed by atoms with Crippen LogP contribution in [0.15, 0.2) is 46.7 Å². The average Bonchev–Trinajstić information content (AvgIpc) is 2.82. The standard InChI is InChI=1S/C14H12OS2/c15-9-4-5-12-8-10-16-14(12)11-17-13-6-2-1-3-7-13/h1-3,6-8,10,15H,9,11H2. The molecule has 2 rings (SSSR count). The Balaban J connectivity index is 2.02. The molecule has 1 aromatic heterocycles. The number of rotatable bonds is 3. The molecule has 0 bridgehead atoms. The second kappa shape index (κ2) is 6.51. The molecular formula is C14H12OS2. The summed E-state index contributed by atoms with van der Waals surface area (Å²) in [5.74, 6) is 6.60. The summed E-state index contributed by atoms with van der Waals surface area (Å²) in [6, 6.07) is 12.3. The summed E-state index contributed by atoms with van der Waals surface area (Å²) in [6.45, 7) is -0.0822. The van der Waals surface area contributed by atoms with Crippen LogP contribution in [0.1, 0.15) is 10.4 Å². The Morgan fingerprint density at radius 2 is 2.00 bits per heavy atom. The fourth-order valence-electron chi connectivity index (χ4n) is 1.36. The van der Waals surface area contributed by atoms with E-state index in [1.54, 1.807) is 23.1 Å². The van der Waals surface area contributed by atoms with Crippen LogP contribution in [0, 0.1) is 11.8 Å². The fourth-order valence-corrected chi connectivity index (χ4v) is 3.23. The maximum Gasteiger partial charge on any atom is 0.104 e. The van der Waals surface area contributed by atoms with E-state index in [0.29, 0.717) is 0 Å². The van der Waals surface area contributed by atoms with Gasteiger partial charge in [-0.2, -0.15) is 0 Å². The molecular weight excluding hydrogens is 248 g/mol. The van der Waals surface area contributed by atoms with Crippen molar-refractivity contribution in [3.63, 3.8) is 0 Å². The van der Waals surface area contributed by atoms with E-state index in [9.17, 15) is 0 Å². The highest BCUT2D eigenvalue weighted by atomic mass is 32.2. The Morgan fingerprint density at radius 3 is 2.76 bits per heavy atom. The van der Waals surface area contributed by atoms with E-state index < -0.39 is 0 Å². The van der Waals surface area contributed by atoms with Crippen molar-refractivity contribution in [3.8, 4) is 11.8 Å². The van der Waals surface area contributed by atoms with E-state index in [4.69, 9.17) is 5.11 Å². The predicted molar refractivity (Wildman–Crippen MR) is 74.3 cm³/mol. The van der Waals surface area contributed by atoms with Gasteiger partial charge in [0.1, 0.15) is 6.61 Å². The molecule has 86 valence electrons. The topological polar surface area (TPSA) is 20.2 Å². The Morgan fingerprint density at radius 1 is 1.18 bits per heavy atom. The molecule has 0 radical (unpaired) electrons. The van der Waals surface area contributed by atoms with E-state index >= 15 is 0 Å². The molecule has 1 aromatic carbocycles. The zero-order valence-electron chi connectivity index (χ0n) is 9.22. The lowest BCUT2D eigenvalue weighted by atomic mass is 10.3. The maximum atomic E-state index is 8.69. The lowest BCUT2D eigenvalue weighted by Gasteiger charge is -1.99. The van der Waals surface area contributed by atoms with Crippen LogP contribution in [0.2, 0.25) is 0 Å². The Hall–Kier alpha value is -1.21. The van der Waals surface area contributed by atoms with Gasteiger partial charge in [-0.1, -0.05) is 30.0 Å². The number of thiophene rings is 1. The number of thioether (sulfide) groups is 1. The average molecular weight is 260 g/mol. The second-order valence-corrected chi connectivity index (χ2v) is 5.37. The first-order chi connectivity index (χ1) is 8.40. The minimum absolute atomic E-state index is 0.0822. The van der Waals surface area contributed by atoms with E-state index in [0.717, 1.165) is 11.3 Å². The largest absolute Gasteiger partial charge is 0.384 e. The van der Waals surface area contributed by atoms with Crippen LogP contribution in [0.25, 0.3) is 0 Å². The molecule has 0 unspecified atom stereocenters. The van der Waals surface area contributed by atoms with Crippen molar-refractivity contribution in [1.29, 1.82) is 0 Å². The highest BCUT2D eigenvalue weighted by Crippen LogP contribution is 2.27. The number of benzene rings is 1. The molecule has 0 spiro atoms. The zero-order valence-corrected chi connectivity index (χ0v) is 10.9. The summed E-state index contributed by atoms with van der Waals surface area (Å²) >= 11 is 3.52. The third-order valence-electron chi connectivity index (χ3n) is 2.16. The molecule has 1 heterocycles. The number of hydrogen-bond donors (Lipinski definition) is 1. The van der Waals surface area contributed by atoms with E-state index in [1.165, 1.54) is 9.77 Å². The molecule has 3 heteroatoms. The molecule has 0 atom stereocenters. The minimum Gasteiger partial charge on any atom is -0.384 e. The first-order valence-corrected chi connectivity index (χ1v) is 7.10. The first-order valence-electron chi connectivity index (χ1n) is 5.24. The monoisotopic (exact) mass is 260 g/mol. The Bertz CT molecular complexity index is 520. The highest BCUT2D eigenvalue weighted by Gasteiger charge is 2.02.